The quantitative estimate of drug-likeness (QED) is 0.522. The molecular formula is C16H10BrCl. The standard InChI is InChI=1S/C16H10BrCl/c17-15-10-12(8-9-16(15)18)14-7-3-5-11-4-1-2-6-13(11)14/h1-10H. The molecule has 0 radical (unpaired) electrons. The van der Waals surface area contributed by atoms with Crippen molar-refractivity contribution in [2.45, 2.75) is 0 Å². The fraction of sp³-hybridized carbons (Fsp3) is 0. The minimum Gasteiger partial charge on any atom is -0.0831 e. The second-order valence-corrected chi connectivity index (χ2v) is 5.42. The summed E-state index contributed by atoms with van der Waals surface area (Å²) in [5, 5.41) is 3.24. The number of halogens is 2. The molecule has 0 N–H and O–H groups in total. The van der Waals surface area contributed by atoms with E-state index in [1.807, 2.05) is 6.07 Å². The SMILES string of the molecule is Clc1ccc(-c2cccc3ccccc23)cc1Br. The summed E-state index contributed by atoms with van der Waals surface area (Å²) in [4.78, 5) is 0. The molecule has 0 saturated carbocycles. The molecule has 0 fully saturated rings. The summed E-state index contributed by atoms with van der Waals surface area (Å²) >= 11 is 9.51. The van der Waals surface area contributed by atoms with Crippen LogP contribution in [0.5, 0.6) is 0 Å². The zero-order valence-electron chi connectivity index (χ0n) is 9.53. The van der Waals surface area contributed by atoms with Gasteiger partial charge in [-0.3, -0.25) is 0 Å². The number of fused-ring (bicyclic) bond motifs is 1. The highest BCUT2D eigenvalue weighted by Gasteiger charge is 2.05. The Morgan fingerprint density at radius 3 is 2.44 bits per heavy atom. The van der Waals surface area contributed by atoms with Gasteiger partial charge in [-0.25, -0.2) is 0 Å². The van der Waals surface area contributed by atoms with Gasteiger partial charge >= 0.3 is 0 Å². The van der Waals surface area contributed by atoms with E-state index in [4.69, 9.17) is 11.6 Å². The van der Waals surface area contributed by atoms with Crippen molar-refractivity contribution >= 4 is 38.3 Å². The zero-order chi connectivity index (χ0) is 12.5. The van der Waals surface area contributed by atoms with Crippen LogP contribution in [0.2, 0.25) is 5.02 Å². The predicted molar refractivity (Wildman–Crippen MR) is 82.1 cm³/mol. The van der Waals surface area contributed by atoms with Crippen molar-refractivity contribution < 1.29 is 0 Å². The van der Waals surface area contributed by atoms with Gasteiger partial charge in [0.1, 0.15) is 0 Å². The van der Waals surface area contributed by atoms with Crippen LogP contribution in [0.1, 0.15) is 0 Å². The number of benzene rings is 3. The molecule has 2 heteroatoms. The van der Waals surface area contributed by atoms with E-state index < -0.39 is 0 Å². The fourth-order valence-corrected chi connectivity index (χ4v) is 2.64. The van der Waals surface area contributed by atoms with E-state index >= 15 is 0 Å². The summed E-state index contributed by atoms with van der Waals surface area (Å²) in [6, 6.07) is 20.8. The first-order valence-electron chi connectivity index (χ1n) is 5.69. The number of hydrogen-bond donors (Lipinski definition) is 0. The third-order valence-corrected chi connectivity index (χ3v) is 4.23. The molecule has 3 aromatic rings. The molecule has 18 heavy (non-hydrogen) atoms. The van der Waals surface area contributed by atoms with Crippen LogP contribution >= 0.6 is 27.5 Å². The van der Waals surface area contributed by atoms with Crippen molar-refractivity contribution in [3.8, 4) is 11.1 Å². The molecule has 0 aliphatic rings. The third-order valence-electron chi connectivity index (χ3n) is 3.02. The van der Waals surface area contributed by atoms with Gasteiger partial charge in [0.05, 0.1) is 5.02 Å². The Kier molecular flexibility index (Phi) is 3.11. The maximum atomic E-state index is 6.04. The summed E-state index contributed by atoms with van der Waals surface area (Å²) in [6.07, 6.45) is 0. The van der Waals surface area contributed by atoms with Crippen LogP contribution in [0.15, 0.2) is 65.1 Å². The van der Waals surface area contributed by atoms with E-state index in [2.05, 4.69) is 70.5 Å². The zero-order valence-corrected chi connectivity index (χ0v) is 11.9. The monoisotopic (exact) mass is 316 g/mol. The highest BCUT2D eigenvalue weighted by atomic mass is 79.9. The van der Waals surface area contributed by atoms with E-state index in [9.17, 15) is 0 Å². The van der Waals surface area contributed by atoms with Crippen molar-refractivity contribution in [3.05, 3.63) is 70.2 Å². The number of hydrogen-bond acceptors (Lipinski definition) is 0. The highest BCUT2D eigenvalue weighted by molar-refractivity contribution is 9.10. The van der Waals surface area contributed by atoms with E-state index in [-0.39, 0.29) is 0 Å². The molecule has 0 aliphatic heterocycles. The van der Waals surface area contributed by atoms with Gasteiger partial charge in [0.15, 0.2) is 0 Å². The molecule has 3 rings (SSSR count). The largest absolute Gasteiger partial charge is 0.0831 e. The Morgan fingerprint density at radius 2 is 1.61 bits per heavy atom. The Bertz CT molecular complexity index is 714. The average molecular weight is 318 g/mol. The van der Waals surface area contributed by atoms with Crippen LogP contribution in [-0.4, -0.2) is 0 Å². The van der Waals surface area contributed by atoms with Gasteiger partial charge in [0, 0.05) is 4.47 Å². The van der Waals surface area contributed by atoms with E-state index in [0.717, 1.165) is 9.50 Å². The summed E-state index contributed by atoms with van der Waals surface area (Å²) in [5.41, 5.74) is 2.40. The molecule has 0 atom stereocenters. The Balaban J connectivity index is 2.28. The van der Waals surface area contributed by atoms with Crippen molar-refractivity contribution in [2.75, 3.05) is 0 Å². The van der Waals surface area contributed by atoms with Crippen LogP contribution in [0.4, 0.5) is 0 Å². The molecule has 0 saturated heterocycles. The summed E-state index contributed by atoms with van der Waals surface area (Å²) in [6.45, 7) is 0. The lowest BCUT2D eigenvalue weighted by atomic mass is 9.98. The van der Waals surface area contributed by atoms with Crippen LogP contribution < -0.4 is 0 Å². The molecular weight excluding hydrogens is 308 g/mol. The molecule has 0 unspecified atom stereocenters. The van der Waals surface area contributed by atoms with E-state index in [1.165, 1.54) is 21.9 Å². The third kappa shape index (κ3) is 2.05. The minimum atomic E-state index is 0.735. The van der Waals surface area contributed by atoms with Crippen LogP contribution in [0, 0.1) is 0 Å². The molecule has 3 aromatic carbocycles. The van der Waals surface area contributed by atoms with Gasteiger partial charge in [0.2, 0.25) is 0 Å². The van der Waals surface area contributed by atoms with Crippen LogP contribution in [0.3, 0.4) is 0 Å². The topological polar surface area (TPSA) is 0 Å². The summed E-state index contributed by atoms with van der Waals surface area (Å²) < 4.78 is 0.926. The van der Waals surface area contributed by atoms with Crippen molar-refractivity contribution in [1.82, 2.24) is 0 Å². The molecule has 0 amide bonds. The van der Waals surface area contributed by atoms with Crippen LogP contribution in [0.25, 0.3) is 21.9 Å². The summed E-state index contributed by atoms with van der Waals surface area (Å²) in [5.74, 6) is 0. The van der Waals surface area contributed by atoms with Crippen molar-refractivity contribution in [2.24, 2.45) is 0 Å². The second-order valence-electron chi connectivity index (χ2n) is 4.16. The highest BCUT2D eigenvalue weighted by Crippen LogP contribution is 2.32. The lowest BCUT2D eigenvalue weighted by molar-refractivity contribution is 1.61. The van der Waals surface area contributed by atoms with Gasteiger partial charge < -0.3 is 0 Å². The lowest BCUT2D eigenvalue weighted by Crippen LogP contribution is -1.81. The number of rotatable bonds is 1. The molecule has 0 spiro atoms. The van der Waals surface area contributed by atoms with Gasteiger partial charge in [-0.15, -0.1) is 0 Å². The van der Waals surface area contributed by atoms with E-state index in [0.29, 0.717) is 0 Å². The molecule has 0 nitrogen and oxygen atoms in total. The first-order valence-corrected chi connectivity index (χ1v) is 6.86. The average Bonchev–Trinajstić information content (AvgIpc) is 2.41. The van der Waals surface area contributed by atoms with E-state index in [1.54, 1.807) is 0 Å². The van der Waals surface area contributed by atoms with Crippen molar-refractivity contribution in [3.63, 3.8) is 0 Å². The molecule has 0 aliphatic carbocycles. The normalized spacial score (nSPS) is 10.8. The fourth-order valence-electron chi connectivity index (χ4n) is 2.14. The van der Waals surface area contributed by atoms with Gasteiger partial charge in [0.25, 0.3) is 0 Å². The Morgan fingerprint density at radius 1 is 0.833 bits per heavy atom. The Labute approximate surface area is 119 Å². The molecule has 0 bridgehead atoms. The van der Waals surface area contributed by atoms with Gasteiger partial charge in [-0.05, 0) is 50.0 Å². The maximum absolute atomic E-state index is 6.04. The lowest BCUT2D eigenvalue weighted by Gasteiger charge is -2.08. The van der Waals surface area contributed by atoms with Crippen molar-refractivity contribution in [1.29, 1.82) is 0 Å². The Hall–Kier alpha value is -1.31. The first-order chi connectivity index (χ1) is 8.75. The second kappa shape index (κ2) is 4.75. The molecule has 88 valence electrons. The summed E-state index contributed by atoms with van der Waals surface area (Å²) in [7, 11) is 0. The molecule has 0 aromatic heterocycles. The predicted octanol–water partition coefficient (Wildman–Crippen LogP) is 5.92. The first kappa shape index (κ1) is 11.8. The van der Waals surface area contributed by atoms with Crippen LogP contribution in [-0.2, 0) is 0 Å². The molecule has 0 heterocycles. The minimum absolute atomic E-state index is 0.735. The smallest absolute Gasteiger partial charge is 0.0548 e. The van der Waals surface area contributed by atoms with Gasteiger partial charge in [-0.2, -0.15) is 0 Å². The maximum Gasteiger partial charge on any atom is 0.0548 e. The van der Waals surface area contributed by atoms with Gasteiger partial charge in [-0.1, -0.05) is 60.1 Å².